The maximum atomic E-state index is 13.3. The van der Waals surface area contributed by atoms with E-state index in [1.54, 1.807) is 33.9 Å². The fourth-order valence-electron chi connectivity index (χ4n) is 2.93. The molecule has 0 saturated heterocycles. The molecule has 0 aliphatic rings. The first-order valence-corrected chi connectivity index (χ1v) is 9.95. The third-order valence-corrected chi connectivity index (χ3v) is 4.87. The summed E-state index contributed by atoms with van der Waals surface area (Å²) in [7, 11) is 0. The van der Waals surface area contributed by atoms with E-state index in [0.29, 0.717) is 29.0 Å². The van der Waals surface area contributed by atoms with E-state index in [4.69, 9.17) is 23.8 Å². The number of halogens is 2. The largest absolute Gasteiger partial charge is 0.330 e. The number of rotatable bonds is 6. The summed E-state index contributed by atoms with van der Waals surface area (Å²) in [6.45, 7) is 1.03. The van der Waals surface area contributed by atoms with Gasteiger partial charge in [0.05, 0.1) is 25.0 Å². The molecule has 0 spiro atoms. The predicted molar refractivity (Wildman–Crippen MR) is 120 cm³/mol. The molecular formula is C21H18ClFN6S. The molecule has 0 atom stereocenters. The van der Waals surface area contributed by atoms with E-state index in [1.165, 1.54) is 12.1 Å². The summed E-state index contributed by atoms with van der Waals surface area (Å²) in [4.78, 5) is 0. The standard InChI is InChI=1S/C21H18ClFN6S/c22-19-7-2-1-5-16(19)13-29-14-18(11-24-29)25-21(30)26-20-8-9-28(27-20)12-15-4-3-6-17(23)10-15/h1-11,14H,12-13H2,(H2,25,26,27,30). The van der Waals surface area contributed by atoms with Gasteiger partial charge in [0, 0.05) is 23.5 Å². The smallest absolute Gasteiger partial charge is 0.176 e. The molecule has 4 aromatic rings. The Labute approximate surface area is 183 Å². The number of thiocarbonyl (C=S) groups is 1. The Kier molecular flexibility index (Phi) is 6.06. The maximum Gasteiger partial charge on any atom is 0.176 e. The van der Waals surface area contributed by atoms with Crippen molar-refractivity contribution >= 4 is 40.4 Å². The van der Waals surface area contributed by atoms with Gasteiger partial charge in [-0.15, -0.1) is 0 Å². The zero-order valence-corrected chi connectivity index (χ0v) is 17.4. The second kappa shape index (κ2) is 9.06. The van der Waals surface area contributed by atoms with Gasteiger partial charge in [0.1, 0.15) is 5.82 Å². The lowest BCUT2D eigenvalue weighted by Gasteiger charge is -2.07. The second-order valence-electron chi connectivity index (χ2n) is 6.63. The highest BCUT2D eigenvalue weighted by atomic mass is 35.5. The van der Waals surface area contributed by atoms with Crippen LogP contribution in [0.2, 0.25) is 5.02 Å². The molecule has 0 fully saturated rings. The monoisotopic (exact) mass is 440 g/mol. The fraction of sp³-hybridized carbons (Fsp3) is 0.0952. The van der Waals surface area contributed by atoms with Gasteiger partial charge < -0.3 is 10.6 Å². The first-order chi connectivity index (χ1) is 14.5. The Morgan fingerprint density at radius 2 is 1.90 bits per heavy atom. The molecule has 6 nitrogen and oxygen atoms in total. The van der Waals surface area contributed by atoms with E-state index in [-0.39, 0.29) is 5.82 Å². The number of aromatic nitrogens is 4. The van der Waals surface area contributed by atoms with E-state index >= 15 is 0 Å². The van der Waals surface area contributed by atoms with E-state index in [1.807, 2.05) is 36.5 Å². The number of anilines is 2. The molecule has 9 heteroatoms. The number of nitrogens with one attached hydrogen (secondary N) is 2. The van der Waals surface area contributed by atoms with Crippen LogP contribution in [0.15, 0.2) is 73.2 Å². The summed E-state index contributed by atoms with van der Waals surface area (Å²) in [6, 6.07) is 15.9. The molecule has 0 aliphatic carbocycles. The molecule has 152 valence electrons. The van der Waals surface area contributed by atoms with Crippen molar-refractivity contribution in [2.45, 2.75) is 13.1 Å². The van der Waals surface area contributed by atoms with Crippen LogP contribution in [0.4, 0.5) is 15.9 Å². The predicted octanol–water partition coefficient (Wildman–Crippen LogP) is 4.78. The van der Waals surface area contributed by atoms with Crippen LogP contribution in [0, 0.1) is 5.82 Å². The van der Waals surface area contributed by atoms with E-state index in [2.05, 4.69) is 20.8 Å². The number of benzene rings is 2. The van der Waals surface area contributed by atoms with Crippen molar-refractivity contribution in [2.75, 3.05) is 10.6 Å². The highest BCUT2D eigenvalue weighted by molar-refractivity contribution is 7.80. The summed E-state index contributed by atoms with van der Waals surface area (Å²) < 4.78 is 16.8. The van der Waals surface area contributed by atoms with Crippen LogP contribution in [0.25, 0.3) is 0 Å². The van der Waals surface area contributed by atoms with E-state index in [9.17, 15) is 4.39 Å². The summed E-state index contributed by atoms with van der Waals surface area (Å²) in [5.74, 6) is 0.325. The third-order valence-electron chi connectivity index (χ3n) is 4.30. The first kappa shape index (κ1) is 20.1. The summed E-state index contributed by atoms with van der Waals surface area (Å²) >= 11 is 11.6. The summed E-state index contributed by atoms with van der Waals surface area (Å²) in [5.41, 5.74) is 2.56. The summed E-state index contributed by atoms with van der Waals surface area (Å²) in [6.07, 6.45) is 5.34. The minimum absolute atomic E-state index is 0.265. The molecule has 0 aliphatic heterocycles. The molecule has 30 heavy (non-hydrogen) atoms. The van der Waals surface area contributed by atoms with Gasteiger partial charge in [-0.2, -0.15) is 10.2 Å². The molecule has 2 heterocycles. The maximum absolute atomic E-state index is 13.3. The lowest BCUT2D eigenvalue weighted by Crippen LogP contribution is -2.19. The van der Waals surface area contributed by atoms with Crippen LogP contribution in [-0.4, -0.2) is 24.7 Å². The van der Waals surface area contributed by atoms with Crippen molar-refractivity contribution in [1.29, 1.82) is 0 Å². The minimum atomic E-state index is -0.265. The second-order valence-corrected chi connectivity index (χ2v) is 7.44. The zero-order valence-electron chi connectivity index (χ0n) is 15.8. The van der Waals surface area contributed by atoms with Crippen LogP contribution in [0.5, 0.6) is 0 Å². The first-order valence-electron chi connectivity index (χ1n) is 9.17. The minimum Gasteiger partial charge on any atom is -0.330 e. The van der Waals surface area contributed by atoms with Gasteiger partial charge in [0.25, 0.3) is 0 Å². The molecule has 0 bridgehead atoms. The number of hydrogen-bond acceptors (Lipinski definition) is 3. The van der Waals surface area contributed by atoms with Gasteiger partial charge in [0.2, 0.25) is 0 Å². The molecule has 0 unspecified atom stereocenters. The Bertz CT molecular complexity index is 1170. The Morgan fingerprint density at radius 1 is 1.03 bits per heavy atom. The van der Waals surface area contributed by atoms with Crippen molar-refractivity contribution in [1.82, 2.24) is 19.6 Å². The SMILES string of the molecule is Fc1cccc(Cn2ccc(NC(=S)Nc3cnn(Cc4ccccc4Cl)c3)n2)c1. The normalized spacial score (nSPS) is 10.7. The molecule has 0 radical (unpaired) electrons. The fourth-order valence-corrected chi connectivity index (χ4v) is 3.35. The van der Waals surface area contributed by atoms with Crippen molar-refractivity contribution < 1.29 is 4.39 Å². The van der Waals surface area contributed by atoms with Crippen molar-refractivity contribution in [2.24, 2.45) is 0 Å². The highest BCUT2D eigenvalue weighted by Crippen LogP contribution is 2.17. The van der Waals surface area contributed by atoms with Gasteiger partial charge in [-0.05, 0) is 41.5 Å². The lowest BCUT2D eigenvalue weighted by atomic mass is 10.2. The van der Waals surface area contributed by atoms with Crippen molar-refractivity contribution in [3.63, 3.8) is 0 Å². The molecule has 4 rings (SSSR count). The Morgan fingerprint density at radius 3 is 2.73 bits per heavy atom. The average molecular weight is 441 g/mol. The van der Waals surface area contributed by atoms with Crippen LogP contribution < -0.4 is 10.6 Å². The molecule has 2 aromatic carbocycles. The lowest BCUT2D eigenvalue weighted by molar-refractivity contribution is 0.619. The molecule has 2 aromatic heterocycles. The van der Waals surface area contributed by atoms with Gasteiger partial charge in [-0.1, -0.05) is 41.9 Å². The Balaban J connectivity index is 1.32. The third kappa shape index (κ3) is 5.22. The topological polar surface area (TPSA) is 59.7 Å². The van der Waals surface area contributed by atoms with Crippen LogP contribution in [-0.2, 0) is 13.1 Å². The quantitative estimate of drug-likeness (QED) is 0.423. The average Bonchev–Trinajstić information content (AvgIpc) is 3.33. The number of nitrogens with zero attached hydrogens (tertiary/aromatic N) is 4. The number of hydrogen-bond donors (Lipinski definition) is 2. The van der Waals surface area contributed by atoms with Gasteiger partial charge in [-0.3, -0.25) is 9.36 Å². The van der Waals surface area contributed by atoms with Gasteiger partial charge in [0.15, 0.2) is 10.9 Å². The van der Waals surface area contributed by atoms with Crippen molar-refractivity contribution in [3.8, 4) is 0 Å². The Hall–Kier alpha value is -3.23. The summed E-state index contributed by atoms with van der Waals surface area (Å²) in [5, 5.41) is 15.9. The van der Waals surface area contributed by atoms with Crippen LogP contribution in [0.3, 0.4) is 0 Å². The zero-order chi connectivity index (χ0) is 20.9. The van der Waals surface area contributed by atoms with E-state index < -0.39 is 0 Å². The molecule has 0 saturated carbocycles. The van der Waals surface area contributed by atoms with Crippen molar-refractivity contribution in [3.05, 3.63) is 95.2 Å². The molecule has 2 N–H and O–H groups in total. The van der Waals surface area contributed by atoms with Gasteiger partial charge >= 0.3 is 0 Å². The van der Waals surface area contributed by atoms with Crippen LogP contribution >= 0.6 is 23.8 Å². The molecular weight excluding hydrogens is 423 g/mol. The van der Waals surface area contributed by atoms with Crippen LogP contribution in [0.1, 0.15) is 11.1 Å². The highest BCUT2D eigenvalue weighted by Gasteiger charge is 2.06. The van der Waals surface area contributed by atoms with Gasteiger partial charge in [-0.25, -0.2) is 4.39 Å². The molecule has 0 amide bonds. The van der Waals surface area contributed by atoms with E-state index in [0.717, 1.165) is 16.8 Å².